The van der Waals surface area contributed by atoms with Crippen molar-refractivity contribution in [3.8, 4) is 0 Å². The number of amides is 1. The Morgan fingerprint density at radius 1 is 1.20 bits per heavy atom. The van der Waals surface area contributed by atoms with E-state index in [2.05, 4.69) is 36.9 Å². The Bertz CT molecular complexity index is 586. The summed E-state index contributed by atoms with van der Waals surface area (Å²) in [5.74, 6) is 2.67. The van der Waals surface area contributed by atoms with Crippen LogP contribution in [0, 0.1) is 0 Å². The third-order valence-corrected chi connectivity index (χ3v) is 5.19. The lowest BCUT2D eigenvalue weighted by Crippen LogP contribution is -2.49. The molecule has 0 spiro atoms. The van der Waals surface area contributed by atoms with Gasteiger partial charge in [-0.25, -0.2) is 0 Å². The maximum absolute atomic E-state index is 11.9. The van der Waals surface area contributed by atoms with Gasteiger partial charge in [-0.05, 0) is 26.7 Å². The molecule has 2 aliphatic rings. The normalized spacial score (nSPS) is 25.2. The van der Waals surface area contributed by atoms with Crippen molar-refractivity contribution in [2.45, 2.75) is 51.2 Å². The van der Waals surface area contributed by atoms with E-state index in [1.54, 1.807) is 0 Å². The molecular weight excluding hydrogens is 318 g/mol. The number of nitrogens with one attached hydrogen (secondary N) is 1. The second-order valence-corrected chi connectivity index (χ2v) is 7.74. The number of carbonyl (C=O) groups is 1. The number of nitrogens with zero attached hydrogens (tertiary/aromatic N) is 5. The van der Waals surface area contributed by atoms with E-state index in [-0.39, 0.29) is 11.9 Å². The standard InChI is InChI=1S/C17H31N7O/c1-12(2)19-16(25)11-24-6-4-23(5-7-24)10-15-20-21-17(22(15)3)13-8-14(18)9-13/h12-14H,4-11,18H2,1-3H3,(H,19,25). The Labute approximate surface area is 149 Å². The Morgan fingerprint density at radius 3 is 2.44 bits per heavy atom. The first-order valence-electron chi connectivity index (χ1n) is 9.30. The minimum Gasteiger partial charge on any atom is -0.353 e. The molecule has 0 radical (unpaired) electrons. The molecule has 2 heterocycles. The average molecular weight is 349 g/mol. The molecule has 3 N–H and O–H groups in total. The first kappa shape index (κ1) is 18.3. The van der Waals surface area contributed by atoms with Crippen molar-refractivity contribution in [2.24, 2.45) is 12.8 Å². The minimum absolute atomic E-state index is 0.111. The maximum Gasteiger partial charge on any atom is 0.234 e. The Hall–Kier alpha value is -1.51. The molecule has 1 saturated heterocycles. The van der Waals surface area contributed by atoms with Gasteiger partial charge in [-0.15, -0.1) is 10.2 Å². The third-order valence-electron chi connectivity index (χ3n) is 5.19. The summed E-state index contributed by atoms with van der Waals surface area (Å²) < 4.78 is 2.14. The molecule has 1 saturated carbocycles. The van der Waals surface area contributed by atoms with Crippen molar-refractivity contribution in [3.05, 3.63) is 11.6 Å². The van der Waals surface area contributed by atoms with Gasteiger partial charge in [0.25, 0.3) is 0 Å². The zero-order chi connectivity index (χ0) is 18.0. The Balaban J connectivity index is 1.45. The molecule has 2 fully saturated rings. The van der Waals surface area contributed by atoms with E-state index in [1.807, 2.05) is 13.8 Å². The van der Waals surface area contributed by atoms with Gasteiger partial charge in [-0.2, -0.15) is 0 Å². The molecule has 0 bridgehead atoms. The molecule has 1 aliphatic heterocycles. The molecule has 140 valence electrons. The predicted molar refractivity (Wildman–Crippen MR) is 95.9 cm³/mol. The van der Waals surface area contributed by atoms with Crippen molar-refractivity contribution in [3.63, 3.8) is 0 Å². The van der Waals surface area contributed by atoms with Gasteiger partial charge in [0.2, 0.25) is 5.91 Å². The average Bonchev–Trinajstić information content (AvgIpc) is 2.86. The van der Waals surface area contributed by atoms with Gasteiger partial charge in [-0.1, -0.05) is 0 Å². The molecule has 0 atom stereocenters. The number of hydrogen-bond donors (Lipinski definition) is 2. The van der Waals surface area contributed by atoms with Crippen LogP contribution >= 0.6 is 0 Å². The number of hydrogen-bond acceptors (Lipinski definition) is 6. The van der Waals surface area contributed by atoms with Gasteiger partial charge in [-0.3, -0.25) is 14.6 Å². The van der Waals surface area contributed by atoms with Crippen LogP contribution in [0.1, 0.15) is 44.3 Å². The van der Waals surface area contributed by atoms with Crippen LogP contribution in [-0.4, -0.2) is 75.3 Å². The molecule has 3 rings (SSSR count). The number of aromatic nitrogens is 3. The third kappa shape index (κ3) is 4.56. The number of carbonyl (C=O) groups excluding carboxylic acids is 1. The van der Waals surface area contributed by atoms with Gasteiger partial charge >= 0.3 is 0 Å². The van der Waals surface area contributed by atoms with Crippen LogP contribution in [0.5, 0.6) is 0 Å². The number of rotatable bonds is 6. The zero-order valence-electron chi connectivity index (χ0n) is 15.6. The first-order chi connectivity index (χ1) is 11.9. The Morgan fingerprint density at radius 2 is 1.84 bits per heavy atom. The van der Waals surface area contributed by atoms with Crippen LogP contribution in [0.4, 0.5) is 0 Å². The largest absolute Gasteiger partial charge is 0.353 e. The van der Waals surface area contributed by atoms with E-state index < -0.39 is 0 Å². The van der Waals surface area contributed by atoms with Crippen LogP contribution in [0.25, 0.3) is 0 Å². The molecule has 1 amide bonds. The van der Waals surface area contributed by atoms with Crippen molar-refractivity contribution >= 4 is 5.91 Å². The highest BCUT2D eigenvalue weighted by atomic mass is 16.2. The summed E-state index contributed by atoms with van der Waals surface area (Å²) in [5, 5.41) is 11.7. The molecular formula is C17H31N7O. The molecule has 1 aliphatic carbocycles. The molecule has 1 aromatic heterocycles. The van der Waals surface area contributed by atoms with E-state index in [0.717, 1.165) is 57.2 Å². The summed E-state index contributed by atoms with van der Waals surface area (Å²) in [6.45, 7) is 9.00. The van der Waals surface area contributed by atoms with Crippen LogP contribution in [0.15, 0.2) is 0 Å². The fourth-order valence-corrected chi connectivity index (χ4v) is 3.62. The molecule has 25 heavy (non-hydrogen) atoms. The monoisotopic (exact) mass is 349 g/mol. The lowest BCUT2D eigenvalue weighted by molar-refractivity contribution is -0.123. The number of nitrogens with two attached hydrogens (primary N) is 1. The first-order valence-corrected chi connectivity index (χ1v) is 9.30. The quantitative estimate of drug-likeness (QED) is 0.730. The summed E-state index contributed by atoms with van der Waals surface area (Å²) in [5.41, 5.74) is 5.89. The van der Waals surface area contributed by atoms with E-state index in [9.17, 15) is 4.79 Å². The van der Waals surface area contributed by atoms with Gasteiger partial charge < -0.3 is 15.6 Å². The second kappa shape index (κ2) is 7.80. The van der Waals surface area contributed by atoms with E-state index >= 15 is 0 Å². The van der Waals surface area contributed by atoms with E-state index in [4.69, 9.17) is 5.73 Å². The molecule has 0 aromatic carbocycles. The summed E-state index contributed by atoms with van der Waals surface area (Å²) in [7, 11) is 2.06. The highest BCUT2D eigenvalue weighted by molar-refractivity contribution is 5.78. The Kier molecular flexibility index (Phi) is 5.71. The lowest BCUT2D eigenvalue weighted by atomic mass is 9.80. The van der Waals surface area contributed by atoms with Crippen molar-refractivity contribution in [2.75, 3.05) is 32.7 Å². The molecule has 1 aromatic rings. The van der Waals surface area contributed by atoms with Crippen LogP contribution in [0.3, 0.4) is 0 Å². The fraction of sp³-hybridized carbons (Fsp3) is 0.824. The number of piperazine rings is 1. The summed E-state index contributed by atoms with van der Waals surface area (Å²) >= 11 is 0. The van der Waals surface area contributed by atoms with Crippen LogP contribution < -0.4 is 11.1 Å². The van der Waals surface area contributed by atoms with Gasteiger partial charge in [0.05, 0.1) is 13.1 Å². The van der Waals surface area contributed by atoms with Crippen LogP contribution in [0.2, 0.25) is 0 Å². The lowest BCUT2D eigenvalue weighted by Gasteiger charge is -2.34. The fourth-order valence-electron chi connectivity index (χ4n) is 3.62. The minimum atomic E-state index is 0.111. The predicted octanol–water partition coefficient (Wildman–Crippen LogP) is -0.338. The van der Waals surface area contributed by atoms with Gasteiger partial charge in [0, 0.05) is 51.2 Å². The zero-order valence-corrected chi connectivity index (χ0v) is 15.6. The SMILES string of the molecule is CC(C)NC(=O)CN1CCN(Cc2nnc(C3CC(N)C3)n2C)CC1. The van der Waals surface area contributed by atoms with Crippen molar-refractivity contribution < 1.29 is 4.79 Å². The highest BCUT2D eigenvalue weighted by Crippen LogP contribution is 2.34. The van der Waals surface area contributed by atoms with Gasteiger partial charge in [0.15, 0.2) is 0 Å². The van der Waals surface area contributed by atoms with Crippen molar-refractivity contribution in [1.82, 2.24) is 29.9 Å². The summed E-state index contributed by atoms with van der Waals surface area (Å²) in [6, 6.07) is 0.523. The topological polar surface area (TPSA) is 92.3 Å². The van der Waals surface area contributed by atoms with E-state index in [0.29, 0.717) is 18.5 Å². The van der Waals surface area contributed by atoms with Crippen molar-refractivity contribution in [1.29, 1.82) is 0 Å². The smallest absolute Gasteiger partial charge is 0.234 e. The summed E-state index contributed by atoms with van der Waals surface area (Å²) in [6.07, 6.45) is 2.03. The highest BCUT2D eigenvalue weighted by Gasteiger charge is 2.31. The second-order valence-electron chi connectivity index (χ2n) is 7.74. The summed E-state index contributed by atoms with van der Waals surface area (Å²) in [4.78, 5) is 16.5. The molecule has 8 heteroatoms. The molecule has 8 nitrogen and oxygen atoms in total. The maximum atomic E-state index is 11.9. The van der Waals surface area contributed by atoms with E-state index in [1.165, 1.54) is 0 Å². The molecule has 0 unspecified atom stereocenters. The van der Waals surface area contributed by atoms with Gasteiger partial charge in [0.1, 0.15) is 11.6 Å². The van der Waals surface area contributed by atoms with Crippen LogP contribution in [-0.2, 0) is 18.4 Å².